The largest absolute Gasteiger partial charge is 0.391 e. The number of hydrogen-bond acceptors (Lipinski definition) is 4. The lowest BCUT2D eigenvalue weighted by atomic mass is 10.1. The van der Waals surface area contributed by atoms with Crippen LogP contribution in [0, 0.1) is 5.82 Å². The third-order valence-electron chi connectivity index (χ3n) is 4.37. The Morgan fingerprint density at radius 2 is 2.04 bits per heavy atom. The molecule has 0 aliphatic carbocycles. The van der Waals surface area contributed by atoms with Crippen LogP contribution in [0.2, 0.25) is 0 Å². The summed E-state index contributed by atoms with van der Waals surface area (Å²) in [5.74, 6) is -1.02. The fourth-order valence-electron chi connectivity index (χ4n) is 3.02. The van der Waals surface area contributed by atoms with E-state index >= 15 is 0 Å². The van der Waals surface area contributed by atoms with Gasteiger partial charge in [-0.3, -0.25) is 13.9 Å². The van der Waals surface area contributed by atoms with Crippen molar-refractivity contribution >= 4 is 0 Å². The van der Waals surface area contributed by atoms with Crippen molar-refractivity contribution in [3.05, 3.63) is 68.7 Å². The van der Waals surface area contributed by atoms with E-state index in [4.69, 9.17) is 4.74 Å². The lowest BCUT2D eigenvalue weighted by Crippen LogP contribution is -2.44. The lowest BCUT2D eigenvalue weighted by Gasteiger charge is -2.17. The summed E-state index contributed by atoms with van der Waals surface area (Å²) < 4.78 is 21.2. The Morgan fingerprint density at radius 1 is 1.28 bits per heavy atom. The summed E-state index contributed by atoms with van der Waals surface area (Å²) in [5.41, 5.74) is -0.625. The highest BCUT2D eigenvalue weighted by Gasteiger charge is 2.23. The third kappa shape index (κ3) is 4.05. The summed E-state index contributed by atoms with van der Waals surface area (Å²) in [7, 11) is 0. The molecule has 3 rings (SSSR count). The van der Waals surface area contributed by atoms with Gasteiger partial charge < -0.3 is 9.84 Å². The van der Waals surface area contributed by atoms with Crippen LogP contribution in [0.25, 0.3) is 0 Å². The number of ether oxygens (including phenoxy) is 1. The van der Waals surface area contributed by atoms with Crippen LogP contribution in [-0.2, 0) is 17.7 Å². The predicted molar refractivity (Wildman–Crippen MR) is 89.9 cm³/mol. The maximum Gasteiger partial charge on any atom is 0.333 e. The van der Waals surface area contributed by atoms with Crippen LogP contribution in [0.4, 0.5) is 4.39 Å². The average Bonchev–Trinajstić information content (AvgIpc) is 3.15. The van der Waals surface area contributed by atoms with Gasteiger partial charge in [-0.25, -0.2) is 4.79 Å². The van der Waals surface area contributed by atoms with Gasteiger partial charge in [-0.05, 0) is 31.2 Å². The molecule has 1 fully saturated rings. The summed E-state index contributed by atoms with van der Waals surface area (Å²) in [6.45, 7) is 0.256. The molecule has 1 saturated heterocycles. The zero-order chi connectivity index (χ0) is 17.8. The quantitative estimate of drug-likeness (QED) is 0.858. The molecule has 0 amide bonds. The molecule has 1 aromatic carbocycles. The molecule has 1 aliphatic heterocycles. The van der Waals surface area contributed by atoms with Gasteiger partial charge in [0.15, 0.2) is 0 Å². The van der Waals surface area contributed by atoms with Gasteiger partial charge >= 0.3 is 5.69 Å². The van der Waals surface area contributed by atoms with Crippen molar-refractivity contribution in [1.82, 2.24) is 9.13 Å². The molecule has 25 heavy (non-hydrogen) atoms. The highest BCUT2D eigenvalue weighted by Crippen LogP contribution is 2.20. The molecule has 2 atom stereocenters. The van der Waals surface area contributed by atoms with Crippen molar-refractivity contribution < 1.29 is 14.2 Å². The van der Waals surface area contributed by atoms with Crippen LogP contribution in [0.3, 0.4) is 0 Å². The van der Waals surface area contributed by atoms with Gasteiger partial charge in [0.25, 0.3) is 5.56 Å². The molecule has 1 N–H and O–H groups in total. The van der Waals surface area contributed by atoms with E-state index in [1.54, 1.807) is 0 Å². The number of halogens is 1. The van der Waals surface area contributed by atoms with Crippen LogP contribution >= 0.6 is 0 Å². The van der Waals surface area contributed by atoms with E-state index < -0.39 is 29.4 Å². The summed E-state index contributed by atoms with van der Waals surface area (Å²) in [6.07, 6.45) is 1.75. The number of benzene rings is 1. The molecule has 2 heterocycles. The molecule has 134 valence electrons. The average molecular weight is 348 g/mol. The Balaban J connectivity index is 1.76. The first kappa shape index (κ1) is 17.6. The van der Waals surface area contributed by atoms with Crippen LogP contribution in [0.1, 0.15) is 31.1 Å². The Kier molecular flexibility index (Phi) is 5.45. The molecule has 2 aromatic rings. The fraction of sp³-hybridized carbons (Fsp3) is 0.444. The second-order valence-corrected chi connectivity index (χ2v) is 6.23. The first-order valence-corrected chi connectivity index (χ1v) is 8.41. The zero-order valence-electron chi connectivity index (χ0n) is 13.8. The predicted octanol–water partition coefficient (Wildman–Crippen LogP) is 1.45. The zero-order valence-corrected chi connectivity index (χ0v) is 13.8. The smallest absolute Gasteiger partial charge is 0.333 e. The van der Waals surface area contributed by atoms with E-state index in [0.717, 1.165) is 27.3 Å². The van der Waals surface area contributed by atoms with Gasteiger partial charge in [0, 0.05) is 6.61 Å². The first-order chi connectivity index (χ1) is 12.1. The van der Waals surface area contributed by atoms with Crippen molar-refractivity contribution in [3.8, 4) is 0 Å². The summed E-state index contributed by atoms with van der Waals surface area (Å²) in [5, 5.41) is 10.2. The number of hydrogen-bond donors (Lipinski definition) is 1. The maximum absolute atomic E-state index is 13.9. The van der Waals surface area contributed by atoms with E-state index in [1.165, 1.54) is 0 Å². The number of aliphatic hydroxyl groups is 1. The Labute approximate surface area is 144 Å². The minimum absolute atomic E-state index is 0.241. The SMILES string of the molecule is O=c1c(F)cn([C@H]2CCCO2)c(=O)n1C[C@H](O)CCc1ccccc1. The minimum atomic E-state index is -1.02. The lowest BCUT2D eigenvalue weighted by molar-refractivity contribution is 0.0490. The van der Waals surface area contributed by atoms with E-state index in [1.807, 2.05) is 30.3 Å². The molecule has 7 heteroatoms. The van der Waals surface area contributed by atoms with Crippen LogP contribution in [0.15, 0.2) is 46.1 Å². The van der Waals surface area contributed by atoms with Gasteiger partial charge in [-0.2, -0.15) is 4.39 Å². The van der Waals surface area contributed by atoms with Crippen molar-refractivity contribution in [3.63, 3.8) is 0 Å². The third-order valence-corrected chi connectivity index (χ3v) is 4.37. The number of aliphatic hydroxyl groups excluding tert-OH is 1. The molecule has 0 unspecified atom stereocenters. The molecule has 0 radical (unpaired) electrons. The molecule has 1 aliphatic rings. The highest BCUT2D eigenvalue weighted by atomic mass is 19.1. The molecule has 0 saturated carbocycles. The second-order valence-electron chi connectivity index (χ2n) is 6.23. The standard InChI is InChI=1S/C18H21FN2O4/c19-15-12-20(16-7-4-10-25-16)18(24)21(17(15)23)11-14(22)9-8-13-5-2-1-3-6-13/h1-3,5-6,12,14,16,22H,4,7-11H2/t14-,16-/m1/s1. The van der Waals surface area contributed by atoms with Gasteiger partial charge in [-0.15, -0.1) is 0 Å². The van der Waals surface area contributed by atoms with E-state index in [2.05, 4.69) is 0 Å². The van der Waals surface area contributed by atoms with Crippen LogP contribution in [0.5, 0.6) is 0 Å². The second kappa shape index (κ2) is 7.76. The van der Waals surface area contributed by atoms with E-state index in [9.17, 15) is 19.1 Å². The Morgan fingerprint density at radius 3 is 2.72 bits per heavy atom. The monoisotopic (exact) mass is 348 g/mol. The number of aromatic nitrogens is 2. The first-order valence-electron chi connectivity index (χ1n) is 8.41. The fourth-order valence-corrected chi connectivity index (χ4v) is 3.02. The number of aryl methyl sites for hydroxylation is 1. The molecule has 1 aromatic heterocycles. The molecular weight excluding hydrogens is 327 g/mol. The topological polar surface area (TPSA) is 73.5 Å². The summed E-state index contributed by atoms with van der Waals surface area (Å²) >= 11 is 0. The number of rotatable bonds is 6. The van der Waals surface area contributed by atoms with Crippen LogP contribution in [-0.4, -0.2) is 27.0 Å². The molecule has 0 bridgehead atoms. The van der Waals surface area contributed by atoms with Gasteiger partial charge in [0.1, 0.15) is 6.23 Å². The van der Waals surface area contributed by atoms with Crippen LogP contribution < -0.4 is 11.2 Å². The van der Waals surface area contributed by atoms with Crippen molar-refractivity contribution in [1.29, 1.82) is 0 Å². The van der Waals surface area contributed by atoms with E-state index in [-0.39, 0.29) is 6.54 Å². The molecule has 0 spiro atoms. The molecule has 6 nitrogen and oxygen atoms in total. The van der Waals surface area contributed by atoms with Crippen molar-refractivity contribution in [2.75, 3.05) is 6.61 Å². The van der Waals surface area contributed by atoms with Crippen molar-refractivity contribution in [2.45, 2.75) is 44.6 Å². The summed E-state index contributed by atoms with van der Waals surface area (Å²) in [6, 6.07) is 9.58. The Bertz CT molecular complexity index is 825. The van der Waals surface area contributed by atoms with Crippen molar-refractivity contribution in [2.24, 2.45) is 0 Å². The Hall–Kier alpha value is -2.25. The molecular formula is C18H21FN2O4. The van der Waals surface area contributed by atoms with Gasteiger partial charge in [0.2, 0.25) is 5.82 Å². The highest BCUT2D eigenvalue weighted by molar-refractivity contribution is 5.14. The maximum atomic E-state index is 13.9. The minimum Gasteiger partial charge on any atom is -0.391 e. The van der Waals surface area contributed by atoms with Gasteiger partial charge in [-0.1, -0.05) is 30.3 Å². The normalized spacial score (nSPS) is 18.4. The summed E-state index contributed by atoms with van der Waals surface area (Å²) in [4.78, 5) is 24.5. The van der Waals surface area contributed by atoms with Gasteiger partial charge in [0.05, 0.1) is 18.8 Å². The van der Waals surface area contributed by atoms with E-state index in [0.29, 0.717) is 25.9 Å². The number of nitrogens with zero attached hydrogens (tertiary/aromatic N) is 2.